The van der Waals surface area contributed by atoms with Gasteiger partial charge in [-0.05, 0) is 81.7 Å². The fraction of sp³-hybridized carbons (Fsp3) is 0.448. The third-order valence-corrected chi connectivity index (χ3v) is 7.55. The molecule has 2 aliphatic rings. The van der Waals surface area contributed by atoms with Gasteiger partial charge in [-0.3, -0.25) is 18.7 Å². The van der Waals surface area contributed by atoms with Gasteiger partial charge in [-0.2, -0.15) is 5.26 Å². The summed E-state index contributed by atoms with van der Waals surface area (Å²) in [6, 6.07) is 9.75. The smallest absolute Gasteiger partial charge is 0.324 e. The van der Waals surface area contributed by atoms with Crippen LogP contribution in [-0.4, -0.2) is 43.9 Å². The van der Waals surface area contributed by atoms with Gasteiger partial charge in [0.15, 0.2) is 5.78 Å². The highest BCUT2D eigenvalue weighted by Crippen LogP contribution is 2.30. The summed E-state index contributed by atoms with van der Waals surface area (Å²) in [6.07, 6.45) is 5.37. The molecular weight excluding hydrogens is 496 g/mol. The molecule has 1 aromatic carbocycles. The highest BCUT2D eigenvalue weighted by atomic mass is 16.2. The maximum atomic E-state index is 13.3. The second-order valence-electron chi connectivity index (χ2n) is 10.9. The number of hydrogen-bond acceptors (Lipinski definition) is 6. The van der Waals surface area contributed by atoms with E-state index in [0.717, 1.165) is 25.7 Å². The molecular formula is C29H32N6O4. The Balaban J connectivity index is 1.31. The van der Waals surface area contributed by atoms with E-state index in [9.17, 15) is 19.2 Å². The number of amides is 2. The maximum Gasteiger partial charge on any atom is 0.331 e. The molecule has 0 bridgehead atoms. The Labute approximate surface area is 225 Å². The number of carbonyl (C=O) groups excluding carboxylic acids is 2. The largest absolute Gasteiger partial charge is 0.331 e. The van der Waals surface area contributed by atoms with E-state index in [1.165, 1.54) is 16.8 Å². The van der Waals surface area contributed by atoms with E-state index in [0.29, 0.717) is 54.1 Å². The van der Waals surface area contributed by atoms with Crippen LogP contribution in [0, 0.1) is 23.2 Å². The van der Waals surface area contributed by atoms with Crippen LogP contribution in [0.5, 0.6) is 0 Å². The first-order chi connectivity index (χ1) is 18.7. The van der Waals surface area contributed by atoms with E-state index in [4.69, 9.17) is 5.26 Å². The Bertz CT molecular complexity index is 1580. The molecule has 1 N–H and O–H groups in total. The third kappa shape index (κ3) is 5.62. The predicted molar refractivity (Wildman–Crippen MR) is 147 cm³/mol. The molecule has 39 heavy (non-hydrogen) atoms. The SMILES string of the molecule is CC(C)n1c(=O)n(CC2CC2)c(=O)c2cc(NC(=O)N3CCCC(CC(=O)c4ccc(C#N)nc4)C3)ccc21. The van der Waals surface area contributed by atoms with Gasteiger partial charge in [-0.25, -0.2) is 14.6 Å². The number of anilines is 1. The molecule has 3 aromatic rings. The summed E-state index contributed by atoms with van der Waals surface area (Å²) in [5, 5.41) is 12.2. The van der Waals surface area contributed by atoms with E-state index in [-0.39, 0.29) is 40.7 Å². The quantitative estimate of drug-likeness (QED) is 0.463. The number of likely N-dealkylation sites (tertiary alicyclic amines) is 1. The molecule has 1 atom stereocenters. The summed E-state index contributed by atoms with van der Waals surface area (Å²) >= 11 is 0. The number of nitrogens with zero attached hydrogens (tertiary/aromatic N) is 5. The molecule has 202 valence electrons. The molecule has 1 aliphatic heterocycles. The Morgan fingerprint density at radius 1 is 1.13 bits per heavy atom. The highest BCUT2D eigenvalue weighted by Gasteiger charge is 2.27. The molecule has 2 amide bonds. The molecule has 2 fully saturated rings. The third-order valence-electron chi connectivity index (χ3n) is 7.55. The lowest BCUT2D eigenvalue weighted by atomic mass is 9.91. The van der Waals surface area contributed by atoms with Gasteiger partial charge in [-0.15, -0.1) is 0 Å². The van der Waals surface area contributed by atoms with E-state index in [1.54, 1.807) is 33.7 Å². The predicted octanol–water partition coefficient (Wildman–Crippen LogP) is 3.94. The summed E-state index contributed by atoms with van der Waals surface area (Å²) in [5.74, 6) is 0.315. The lowest BCUT2D eigenvalue weighted by Crippen LogP contribution is -2.43. The molecule has 1 aliphatic carbocycles. The van der Waals surface area contributed by atoms with Gasteiger partial charge in [0.2, 0.25) is 0 Å². The van der Waals surface area contributed by atoms with Crippen LogP contribution >= 0.6 is 0 Å². The van der Waals surface area contributed by atoms with Crippen LogP contribution in [0.1, 0.15) is 68.0 Å². The minimum Gasteiger partial charge on any atom is -0.324 e. The van der Waals surface area contributed by atoms with Crippen molar-refractivity contribution in [2.24, 2.45) is 11.8 Å². The number of piperidine rings is 1. The van der Waals surface area contributed by atoms with Crippen LogP contribution in [0.2, 0.25) is 0 Å². The number of urea groups is 1. The summed E-state index contributed by atoms with van der Waals surface area (Å²) in [7, 11) is 0. The number of hydrogen-bond donors (Lipinski definition) is 1. The van der Waals surface area contributed by atoms with Gasteiger partial charge in [0.05, 0.1) is 10.9 Å². The average Bonchev–Trinajstić information content (AvgIpc) is 3.76. The number of Topliss-reactive ketones (excluding diaryl/α,β-unsaturated/α-hetero) is 1. The number of carbonyl (C=O) groups is 2. The normalized spacial score (nSPS) is 17.3. The van der Waals surface area contributed by atoms with Crippen LogP contribution in [0.25, 0.3) is 10.9 Å². The van der Waals surface area contributed by atoms with E-state index >= 15 is 0 Å². The van der Waals surface area contributed by atoms with Crippen molar-refractivity contribution < 1.29 is 9.59 Å². The number of pyridine rings is 1. The van der Waals surface area contributed by atoms with Crippen molar-refractivity contribution in [3.05, 3.63) is 68.6 Å². The Hall–Kier alpha value is -4.26. The van der Waals surface area contributed by atoms with Crippen LogP contribution in [-0.2, 0) is 6.54 Å². The summed E-state index contributed by atoms with van der Waals surface area (Å²) in [5.41, 5.74) is 1.13. The second kappa shape index (κ2) is 10.8. The van der Waals surface area contributed by atoms with Crippen molar-refractivity contribution in [1.29, 1.82) is 5.26 Å². The number of aromatic nitrogens is 3. The van der Waals surface area contributed by atoms with Crippen molar-refractivity contribution in [3.63, 3.8) is 0 Å². The van der Waals surface area contributed by atoms with Gasteiger partial charge in [-0.1, -0.05) is 0 Å². The lowest BCUT2D eigenvalue weighted by Gasteiger charge is -2.32. The van der Waals surface area contributed by atoms with Gasteiger partial charge < -0.3 is 10.2 Å². The summed E-state index contributed by atoms with van der Waals surface area (Å²) in [6.45, 7) is 5.26. The maximum absolute atomic E-state index is 13.3. The standard InChI is InChI=1S/C29H32N6O4/c1-18(2)35-25-10-9-22(13-24(25)27(37)34(29(35)39)17-19-5-6-19)32-28(38)33-11-3-4-20(16-33)12-26(36)21-7-8-23(14-30)31-15-21/h7-10,13,15,18-20H,3-6,11-12,16-17H2,1-2H3,(H,32,38). The Kier molecular flexibility index (Phi) is 7.33. The molecule has 2 aromatic heterocycles. The van der Waals surface area contributed by atoms with Crippen molar-refractivity contribution >= 4 is 28.4 Å². The van der Waals surface area contributed by atoms with Crippen molar-refractivity contribution in [1.82, 2.24) is 19.0 Å². The number of fused-ring (bicyclic) bond motifs is 1. The lowest BCUT2D eigenvalue weighted by molar-refractivity contribution is 0.0930. The van der Waals surface area contributed by atoms with Gasteiger partial charge in [0, 0.05) is 49.5 Å². The van der Waals surface area contributed by atoms with Crippen LogP contribution < -0.4 is 16.6 Å². The Morgan fingerprint density at radius 2 is 1.92 bits per heavy atom. The number of rotatable bonds is 7. The molecule has 3 heterocycles. The molecule has 0 radical (unpaired) electrons. The van der Waals surface area contributed by atoms with E-state index in [2.05, 4.69) is 10.3 Å². The first-order valence-electron chi connectivity index (χ1n) is 13.5. The minimum atomic E-state index is -0.330. The highest BCUT2D eigenvalue weighted by molar-refractivity contribution is 5.96. The summed E-state index contributed by atoms with van der Waals surface area (Å²) in [4.78, 5) is 58.0. The Morgan fingerprint density at radius 3 is 2.59 bits per heavy atom. The number of ketones is 1. The number of nitriles is 1. The fourth-order valence-corrected chi connectivity index (χ4v) is 5.30. The number of benzene rings is 1. The number of nitrogens with one attached hydrogen (secondary N) is 1. The molecule has 1 saturated heterocycles. The van der Waals surface area contributed by atoms with Crippen LogP contribution in [0.4, 0.5) is 10.5 Å². The first-order valence-corrected chi connectivity index (χ1v) is 13.5. The summed E-state index contributed by atoms with van der Waals surface area (Å²) < 4.78 is 2.97. The van der Waals surface area contributed by atoms with Crippen LogP contribution in [0.3, 0.4) is 0 Å². The van der Waals surface area contributed by atoms with Crippen molar-refractivity contribution in [2.45, 2.75) is 58.5 Å². The van der Waals surface area contributed by atoms with E-state index < -0.39 is 0 Å². The van der Waals surface area contributed by atoms with Gasteiger partial charge in [0.1, 0.15) is 11.8 Å². The minimum absolute atomic E-state index is 0.0133. The zero-order valence-electron chi connectivity index (χ0n) is 22.2. The molecule has 1 saturated carbocycles. The monoisotopic (exact) mass is 528 g/mol. The zero-order chi connectivity index (χ0) is 27.7. The van der Waals surface area contributed by atoms with Gasteiger partial charge in [0.25, 0.3) is 5.56 Å². The fourth-order valence-electron chi connectivity index (χ4n) is 5.30. The first kappa shape index (κ1) is 26.4. The topological polar surface area (TPSA) is 130 Å². The molecule has 10 heteroatoms. The second-order valence-corrected chi connectivity index (χ2v) is 10.9. The molecule has 5 rings (SSSR count). The van der Waals surface area contributed by atoms with Crippen LogP contribution in [0.15, 0.2) is 46.1 Å². The zero-order valence-corrected chi connectivity index (χ0v) is 22.2. The van der Waals surface area contributed by atoms with Crippen molar-refractivity contribution in [2.75, 3.05) is 18.4 Å². The van der Waals surface area contributed by atoms with Gasteiger partial charge >= 0.3 is 11.7 Å². The molecule has 0 spiro atoms. The van der Waals surface area contributed by atoms with Crippen molar-refractivity contribution in [3.8, 4) is 6.07 Å². The molecule has 1 unspecified atom stereocenters. The molecule has 10 nitrogen and oxygen atoms in total. The average molecular weight is 529 g/mol. The van der Waals surface area contributed by atoms with E-state index in [1.807, 2.05) is 19.9 Å².